The van der Waals surface area contributed by atoms with E-state index >= 15 is 0 Å². The molecule has 1 amide bonds. The molecule has 20 heavy (non-hydrogen) atoms. The Hall–Kier alpha value is -1.75. The molecule has 1 aliphatic rings. The van der Waals surface area contributed by atoms with E-state index in [9.17, 15) is 9.59 Å². The number of esters is 1. The van der Waals surface area contributed by atoms with Crippen molar-refractivity contribution >= 4 is 30.0 Å². The minimum absolute atomic E-state index is 0. The van der Waals surface area contributed by atoms with Crippen LogP contribution >= 0.6 is 12.4 Å². The average Bonchev–Trinajstić information content (AvgIpc) is 2.46. The maximum atomic E-state index is 12.1. The molecule has 0 saturated heterocycles. The Labute approximate surface area is 124 Å². The minimum Gasteiger partial charge on any atom is -0.469 e. The Balaban J connectivity index is 0.00000200. The van der Waals surface area contributed by atoms with E-state index in [2.05, 4.69) is 15.4 Å². The van der Waals surface area contributed by atoms with E-state index in [-0.39, 0.29) is 30.7 Å². The highest BCUT2D eigenvalue weighted by Crippen LogP contribution is 2.25. The Kier molecular flexibility index (Phi) is 6.31. The normalized spacial score (nSPS) is 12.4. The third kappa shape index (κ3) is 3.87. The van der Waals surface area contributed by atoms with Gasteiger partial charge < -0.3 is 15.4 Å². The molecule has 2 N–H and O–H groups in total. The van der Waals surface area contributed by atoms with Gasteiger partial charge in [0.1, 0.15) is 0 Å². The smallest absolute Gasteiger partial charge is 0.307 e. The molecular weight excluding hydrogens is 280 g/mol. The van der Waals surface area contributed by atoms with Crippen molar-refractivity contribution in [3.05, 3.63) is 29.3 Å². The highest BCUT2D eigenvalue weighted by molar-refractivity contribution is 5.97. The fourth-order valence-corrected chi connectivity index (χ4v) is 2.20. The van der Waals surface area contributed by atoms with Crippen molar-refractivity contribution in [3.63, 3.8) is 0 Å². The molecule has 110 valence electrons. The molecule has 0 radical (unpaired) electrons. The van der Waals surface area contributed by atoms with Crippen molar-refractivity contribution in [2.75, 3.05) is 25.5 Å². The second kappa shape index (κ2) is 7.75. The molecule has 0 unspecified atom stereocenters. The van der Waals surface area contributed by atoms with Gasteiger partial charge in [-0.25, -0.2) is 0 Å². The maximum absolute atomic E-state index is 12.1. The first-order chi connectivity index (χ1) is 9.22. The summed E-state index contributed by atoms with van der Waals surface area (Å²) in [7, 11) is 1.34. The van der Waals surface area contributed by atoms with Gasteiger partial charge in [0.25, 0.3) is 5.91 Å². The number of carbonyl (C=O) groups excluding carboxylic acids is 2. The van der Waals surface area contributed by atoms with Crippen LogP contribution in [0.5, 0.6) is 0 Å². The quantitative estimate of drug-likeness (QED) is 0.831. The van der Waals surface area contributed by atoms with Crippen LogP contribution in [0, 0.1) is 0 Å². The van der Waals surface area contributed by atoms with Gasteiger partial charge in [0.15, 0.2) is 0 Å². The summed E-state index contributed by atoms with van der Waals surface area (Å²) >= 11 is 0. The lowest BCUT2D eigenvalue weighted by Gasteiger charge is -2.20. The minimum atomic E-state index is -0.322. The molecule has 1 aliphatic heterocycles. The standard InChI is InChI=1S/C14H18N2O3.ClH/c1-19-13(17)7-9-16-14(18)11-4-2-6-12-10(11)5-3-8-15-12;/h2,4,6,15H,3,5,7-9H2,1H3,(H,16,18);1H. The van der Waals surface area contributed by atoms with Gasteiger partial charge in [0.2, 0.25) is 0 Å². The first kappa shape index (κ1) is 16.3. The number of amides is 1. The van der Waals surface area contributed by atoms with Crippen LogP contribution in [0.2, 0.25) is 0 Å². The molecule has 1 heterocycles. The first-order valence-corrected chi connectivity index (χ1v) is 6.43. The summed E-state index contributed by atoms with van der Waals surface area (Å²) in [4.78, 5) is 23.1. The zero-order valence-electron chi connectivity index (χ0n) is 11.4. The van der Waals surface area contributed by atoms with Crippen molar-refractivity contribution in [1.29, 1.82) is 0 Å². The summed E-state index contributed by atoms with van der Waals surface area (Å²) in [6, 6.07) is 5.67. The van der Waals surface area contributed by atoms with Gasteiger partial charge in [0, 0.05) is 24.3 Å². The number of rotatable bonds is 4. The molecule has 2 rings (SSSR count). The molecule has 0 fully saturated rings. The van der Waals surface area contributed by atoms with Crippen LogP contribution < -0.4 is 10.6 Å². The molecule has 0 aromatic heterocycles. The number of anilines is 1. The van der Waals surface area contributed by atoms with Crippen LogP contribution in [-0.2, 0) is 16.0 Å². The molecule has 1 aromatic rings. The van der Waals surface area contributed by atoms with Gasteiger partial charge in [-0.2, -0.15) is 0 Å². The van der Waals surface area contributed by atoms with Crippen LogP contribution in [0.25, 0.3) is 0 Å². The molecule has 1 aromatic carbocycles. The monoisotopic (exact) mass is 298 g/mol. The van der Waals surface area contributed by atoms with Crippen LogP contribution in [0.4, 0.5) is 5.69 Å². The zero-order chi connectivity index (χ0) is 13.7. The molecule has 6 heteroatoms. The Morgan fingerprint density at radius 2 is 2.20 bits per heavy atom. The van der Waals surface area contributed by atoms with Gasteiger partial charge in [-0.1, -0.05) is 6.07 Å². The predicted molar refractivity (Wildman–Crippen MR) is 79.5 cm³/mol. The summed E-state index contributed by atoms with van der Waals surface area (Å²) in [5.41, 5.74) is 2.78. The molecule has 0 atom stereocenters. The number of benzene rings is 1. The van der Waals surface area contributed by atoms with Crippen molar-refractivity contribution in [2.24, 2.45) is 0 Å². The van der Waals surface area contributed by atoms with Gasteiger partial charge in [0.05, 0.1) is 13.5 Å². The Morgan fingerprint density at radius 3 is 2.95 bits per heavy atom. The van der Waals surface area contributed by atoms with Crippen LogP contribution in [-0.4, -0.2) is 32.1 Å². The molecular formula is C14H19ClN2O3. The lowest BCUT2D eigenvalue weighted by Crippen LogP contribution is -2.28. The van der Waals surface area contributed by atoms with Crippen LogP contribution in [0.3, 0.4) is 0 Å². The third-order valence-corrected chi connectivity index (χ3v) is 3.18. The molecule has 0 aliphatic carbocycles. The number of hydrogen-bond acceptors (Lipinski definition) is 4. The van der Waals surface area contributed by atoms with Gasteiger partial charge in [-0.3, -0.25) is 9.59 Å². The first-order valence-electron chi connectivity index (χ1n) is 6.43. The lowest BCUT2D eigenvalue weighted by atomic mass is 9.97. The molecule has 0 saturated carbocycles. The van der Waals surface area contributed by atoms with E-state index in [4.69, 9.17) is 0 Å². The maximum Gasteiger partial charge on any atom is 0.307 e. The Bertz CT molecular complexity index is 491. The largest absolute Gasteiger partial charge is 0.469 e. The number of ether oxygens (including phenoxy) is 1. The summed E-state index contributed by atoms with van der Waals surface area (Å²) < 4.78 is 4.53. The predicted octanol–water partition coefficient (Wildman–Crippen LogP) is 1.76. The van der Waals surface area contributed by atoms with E-state index in [1.54, 1.807) is 0 Å². The number of halogens is 1. The lowest BCUT2D eigenvalue weighted by molar-refractivity contribution is -0.140. The number of hydrogen-bond donors (Lipinski definition) is 2. The summed E-state index contributed by atoms with van der Waals surface area (Å²) in [5.74, 6) is -0.457. The third-order valence-electron chi connectivity index (χ3n) is 3.18. The highest BCUT2D eigenvalue weighted by atomic mass is 35.5. The van der Waals surface area contributed by atoms with Gasteiger partial charge >= 0.3 is 5.97 Å². The van der Waals surface area contributed by atoms with E-state index < -0.39 is 0 Å². The summed E-state index contributed by atoms with van der Waals surface area (Å²) in [6.45, 7) is 1.24. The second-order valence-electron chi connectivity index (χ2n) is 4.44. The highest BCUT2D eigenvalue weighted by Gasteiger charge is 2.17. The Morgan fingerprint density at radius 1 is 1.40 bits per heavy atom. The van der Waals surface area contributed by atoms with E-state index in [1.165, 1.54) is 7.11 Å². The number of carbonyl (C=O) groups is 2. The van der Waals surface area contributed by atoms with Crippen molar-refractivity contribution in [1.82, 2.24) is 5.32 Å². The van der Waals surface area contributed by atoms with E-state index in [0.717, 1.165) is 30.6 Å². The van der Waals surface area contributed by atoms with Gasteiger partial charge in [-0.05, 0) is 30.5 Å². The topological polar surface area (TPSA) is 67.4 Å². The SMILES string of the molecule is COC(=O)CCNC(=O)c1cccc2c1CCCN2.Cl. The summed E-state index contributed by atoms with van der Waals surface area (Å²) in [6.07, 6.45) is 2.12. The van der Waals surface area contributed by atoms with E-state index in [1.807, 2.05) is 18.2 Å². The van der Waals surface area contributed by atoms with Crippen molar-refractivity contribution in [3.8, 4) is 0 Å². The van der Waals surface area contributed by atoms with Gasteiger partial charge in [-0.15, -0.1) is 12.4 Å². The fraction of sp³-hybridized carbons (Fsp3) is 0.429. The zero-order valence-corrected chi connectivity index (χ0v) is 12.2. The van der Waals surface area contributed by atoms with Crippen LogP contribution in [0.15, 0.2) is 18.2 Å². The van der Waals surface area contributed by atoms with Crippen LogP contribution in [0.1, 0.15) is 28.8 Å². The fourth-order valence-electron chi connectivity index (χ4n) is 2.20. The number of nitrogens with one attached hydrogen (secondary N) is 2. The average molecular weight is 299 g/mol. The van der Waals surface area contributed by atoms with Crippen molar-refractivity contribution in [2.45, 2.75) is 19.3 Å². The van der Waals surface area contributed by atoms with E-state index in [0.29, 0.717) is 12.1 Å². The number of methoxy groups -OCH3 is 1. The molecule has 0 spiro atoms. The second-order valence-corrected chi connectivity index (χ2v) is 4.44. The van der Waals surface area contributed by atoms with Crippen molar-refractivity contribution < 1.29 is 14.3 Å². The molecule has 5 nitrogen and oxygen atoms in total. The molecule has 0 bridgehead atoms. The number of fused-ring (bicyclic) bond motifs is 1. The summed E-state index contributed by atoms with van der Waals surface area (Å²) in [5, 5.41) is 6.03.